The molecule has 19 nitrogen and oxygen atoms in total. The Morgan fingerprint density at radius 1 is 0.579 bits per heavy atom. The van der Waals surface area contributed by atoms with Gasteiger partial charge < -0.3 is 55.6 Å². The first-order valence-corrected chi connectivity index (χ1v) is 23.2. The number of aliphatic hydroxyl groups is 2. The van der Waals surface area contributed by atoms with E-state index in [-0.39, 0.29) is 121 Å². The monoisotopic (exact) mass is 1200 g/mol. The number of esters is 1. The lowest BCUT2D eigenvalue weighted by Gasteiger charge is -2.13. The minimum absolute atomic E-state index is 0.00792. The quantitative estimate of drug-likeness (QED) is 0.0246. The molecule has 76 heavy (non-hydrogen) atoms. The molecule has 0 radical (unpaired) electrons. The van der Waals surface area contributed by atoms with Crippen molar-refractivity contribution in [3.05, 3.63) is 124 Å². The van der Waals surface area contributed by atoms with Crippen molar-refractivity contribution in [2.24, 2.45) is 0 Å². The van der Waals surface area contributed by atoms with Crippen LogP contribution in [0.2, 0.25) is 35.3 Å². The highest BCUT2D eigenvalue weighted by Crippen LogP contribution is 2.39. The highest BCUT2D eigenvalue weighted by atomic mass is 35.5. The number of ether oxygens (including phenoxy) is 4. The molecular formula is C46H39BCl7F3N6O13. The lowest BCUT2D eigenvalue weighted by Crippen LogP contribution is -2.32. The summed E-state index contributed by atoms with van der Waals surface area (Å²) in [6.07, 6.45) is 0. The van der Waals surface area contributed by atoms with Crippen LogP contribution in [-0.4, -0.2) is 113 Å². The summed E-state index contributed by atoms with van der Waals surface area (Å²) in [6.45, 7) is 0.919. The van der Waals surface area contributed by atoms with E-state index in [4.69, 9.17) is 117 Å². The van der Waals surface area contributed by atoms with E-state index in [9.17, 15) is 37.1 Å². The fraction of sp³-hybridized carbons (Fsp3) is 0.174. The van der Waals surface area contributed by atoms with Crippen LogP contribution in [0.3, 0.4) is 0 Å². The summed E-state index contributed by atoms with van der Waals surface area (Å²) >= 11 is 40.8. The van der Waals surface area contributed by atoms with Gasteiger partial charge in [-0.25, -0.2) is 32.9 Å². The molecule has 30 heteroatoms. The molecule has 8 N–H and O–H groups in total. The Labute approximate surface area is 465 Å². The average molecular weight is 1200 g/mol. The first kappa shape index (κ1) is 64.1. The first-order valence-electron chi connectivity index (χ1n) is 20.6. The number of aliphatic hydroxyl groups excluding tert-OH is 2. The third-order valence-electron chi connectivity index (χ3n) is 9.31. The molecule has 0 unspecified atom stereocenters. The Morgan fingerprint density at radius 3 is 1.38 bits per heavy atom. The third-order valence-corrected chi connectivity index (χ3v) is 11.6. The van der Waals surface area contributed by atoms with Crippen LogP contribution in [-0.2, 0) is 14.3 Å². The van der Waals surface area contributed by atoms with Gasteiger partial charge in [-0.2, -0.15) is 0 Å². The number of rotatable bonds is 13. The van der Waals surface area contributed by atoms with Crippen LogP contribution in [0.4, 0.5) is 30.2 Å². The number of carbonyl (C=O) groups is 5. The molecule has 0 fully saturated rings. The van der Waals surface area contributed by atoms with E-state index < -0.39 is 61.2 Å². The number of benzene rings is 3. The number of halogens is 10. The Hall–Kier alpha value is -6.22. The Bertz CT molecular complexity index is 3190. The van der Waals surface area contributed by atoms with Crippen molar-refractivity contribution in [1.82, 2.24) is 15.0 Å². The lowest BCUT2D eigenvalue weighted by atomic mass is 9.80. The number of methoxy groups -OCH3 is 4. The summed E-state index contributed by atoms with van der Waals surface area (Å²) in [5.74, 6) is -5.92. The van der Waals surface area contributed by atoms with Gasteiger partial charge in [-0.3, -0.25) is 19.2 Å². The number of ketones is 2. The normalized spacial score (nSPS) is 10.3. The van der Waals surface area contributed by atoms with E-state index >= 15 is 0 Å². The Morgan fingerprint density at radius 2 is 0.974 bits per heavy atom. The molecular weight excluding hydrogens is 1160 g/mol. The lowest BCUT2D eigenvalue weighted by molar-refractivity contribution is -0.115. The molecule has 0 bridgehead atoms. The average Bonchev–Trinajstić information content (AvgIpc) is 3.36. The molecule has 0 aliphatic carbocycles. The van der Waals surface area contributed by atoms with Crippen molar-refractivity contribution in [2.75, 3.05) is 58.0 Å². The number of nitrogen functional groups attached to an aromatic ring is 1. The number of hydrogen-bond acceptors (Lipinski definition) is 17. The van der Waals surface area contributed by atoms with E-state index in [1.54, 1.807) is 0 Å². The largest absolute Gasteiger partial charge is 0.492 e. The number of aromatic nitrogens is 3. The number of nitrogens with zero attached hydrogens (tertiary/aromatic N) is 3. The number of Topliss-reactive ketones (excluding diaryl/α,β-unsaturated/α-hetero) is 2. The van der Waals surface area contributed by atoms with E-state index in [1.165, 1.54) is 96.9 Å². The van der Waals surface area contributed by atoms with Gasteiger partial charge in [-0.1, -0.05) is 87.3 Å². The third kappa shape index (κ3) is 16.2. The number of pyridine rings is 3. The molecule has 2 amide bonds. The van der Waals surface area contributed by atoms with Gasteiger partial charge in [0.2, 0.25) is 23.4 Å². The number of nitrogens with two attached hydrogens (primary N) is 1. The van der Waals surface area contributed by atoms with Crippen LogP contribution in [0.25, 0.3) is 22.5 Å². The SMILES string of the molecule is COC(=O)c1nc(Cl)cc(NC(C)=O)c1Cl.COc1c(Cl)ccc(-c2cc(N)c(Cl)c(C(=O)CO)n2)c1F.COc1c(Cl)ccc(-c2cc(NC(C)=O)c(Cl)c(C(=O)CO)n2)c1F.COc1c(Cl)ccc(B(O)O)c1F. The molecule has 0 spiro atoms. The fourth-order valence-electron chi connectivity index (χ4n) is 5.93. The standard InChI is InChI=1S/C16H13Cl2FN2O4.C14H11Cl2FN2O3.C9H8Cl2N2O3.C7H7BClFO3/c1-7(23)20-11-5-10(21-15(13(11)18)12(24)6-22)8-3-4-9(17)16(25-2)14(8)19;1-22-14-7(15)3-2-6(12(14)17)9-4-8(18)11(16)13(19-9)10(21)5-20;1-4(14)12-5-3-6(10)13-8(7(5)11)9(15)16-2;1-13-7-5(9)3-2-4(6(7)10)8(11)12/h3-5,22H,6H2,1-2H3,(H,20,21,23);2-4,20H,5H2,1H3,(H2,18,19);3H,1-2H3,(H,12,13,14);2-3,11-12H,1H3. The number of anilines is 3. The zero-order valence-corrected chi connectivity index (χ0v) is 45.1. The zero-order chi connectivity index (χ0) is 57.5. The van der Waals surface area contributed by atoms with Crippen LogP contribution in [0.1, 0.15) is 45.3 Å². The highest BCUT2D eigenvalue weighted by Gasteiger charge is 2.25. The predicted octanol–water partition coefficient (Wildman–Crippen LogP) is 8.60. The van der Waals surface area contributed by atoms with E-state index in [1.807, 2.05) is 0 Å². The molecule has 6 rings (SSSR count). The van der Waals surface area contributed by atoms with Crippen LogP contribution >= 0.6 is 81.2 Å². The summed E-state index contributed by atoms with van der Waals surface area (Å²) in [4.78, 5) is 68.7. The van der Waals surface area contributed by atoms with Crippen molar-refractivity contribution < 1.29 is 76.4 Å². The van der Waals surface area contributed by atoms with Crippen LogP contribution < -0.4 is 36.0 Å². The molecule has 0 saturated heterocycles. The zero-order valence-electron chi connectivity index (χ0n) is 39.8. The molecule has 3 heterocycles. The maximum absolute atomic E-state index is 14.6. The second-order valence-corrected chi connectivity index (χ2v) is 17.1. The number of carbonyl (C=O) groups excluding carboxylic acids is 5. The second kappa shape index (κ2) is 29.3. The van der Waals surface area contributed by atoms with Crippen LogP contribution in [0.5, 0.6) is 17.2 Å². The molecule has 6 aromatic rings. The smallest absolute Gasteiger partial charge is 0.491 e. The number of hydrogen-bond donors (Lipinski definition) is 7. The molecule has 404 valence electrons. The van der Waals surface area contributed by atoms with Gasteiger partial charge in [0.15, 0.2) is 40.4 Å². The summed E-state index contributed by atoms with van der Waals surface area (Å²) in [6, 6.07) is 12.1. The minimum atomic E-state index is -1.87. The second-order valence-electron chi connectivity index (χ2n) is 14.4. The Kier molecular flexibility index (Phi) is 24.7. The number of nitrogens with one attached hydrogen (secondary N) is 2. The van der Waals surface area contributed by atoms with E-state index in [2.05, 4.69) is 35.1 Å². The molecule has 0 saturated carbocycles. The van der Waals surface area contributed by atoms with Crippen molar-refractivity contribution >= 4 is 140 Å². The topological polar surface area (TPSA) is 292 Å². The number of amides is 2. The van der Waals surface area contributed by atoms with Crippen LogP contribution in [0, 0.1) is 17.5 Å². The predicted molar refractivity (Wildman–Crippen MR) is 282 cm³/mol. The molecule has 0 aliphatic rings. The maximum atomic E-state index is 14.6. The van der Waals surface area contributed by atoms with Gasteiger partial charge in [0.25, 0.3) is 0 Å². The van der Waals surface area contributed by atoms with Crippen LogP contribution in [0.15, 0.2) is 54.6 Å². The van der Waals surface area contributed by atoms with Gasteiger partial charge in [0.1, 0.15) is 29.8 Å². The summed E-state index contributed by atoms with van der Waals surface area (Å²) in [5.41, 5.74) is 5.22. The van der Waals surface area contributed by atoms with Crippen molar-refractivity contribution in [3.63, 3.8) is 0 Å². The fourth-order valence-corrected chi connectivity index (χ4v) is 7.47. The van der Waals surface area contributed by atoms with E-state index in [0.29, 0.717) is 0 Å². The molecule has 0 aliphatic heterocycles. The first-order chi connectivity index (χ1) is 35.7. The van der Waals surface area contributed by atoms with Gasteiger partial charge in [0, 0.05) is 36.5 Å². The molecule has 0 atom stereocenters. The summed E-state index contributed by atoms with van der Waals surface area (Å²) in [5, 5.41) is 40.4. The maximum Gasteiger partial charge on any atom is 0.491 e. The van der Waals surface area contributed by atoms with Gasteiger partial charge in [-0.05, 0) is 42.5 Å². The summed E-state index contributed by atoms with van der Waals surface area (Å²) < 4.78 is 61.2. The summed E-state index contributed by atoms with van der Waals surface area (Å²) in [7, 11) is 3.11. The van der Waals surface area contributed by atoms with Crippen molar-refractivity contribution in [3.8, 4) is 39.8 Å². The minimum Gasteiger partial charge on any atom is -0.492 e. The highest BCUT2D eigenvalue weighted by molar-refractivity contribution is 6.59. The van der Waals surface area contributed by atoms with Crippen molar-refractivity contribution in [1.29, 1.82) is 0 Å². The Balaban J connectivity index is 0.000000275. The van der Waals surface area contributed by atoms with Gasteiger partial charge in [-0.15, -0.1) is 0 Å². The van der Waals surface area contributed by atoms with Gasteiger partial charge >= 0.3 is 13.1 Å². The molecule has 3 aromatic heterocycles. The van der Waals surface area contributed by atoms with E-state index in [0.717, 1.165) is 0 Å². The van der Waals surface area contributed by atoms with Crippen molar-refractivity contribution in [2.45, 2.75) is 13.8 Å². The van der Waals surface area contributed by atoms with Gasteiger partial charge in [0.05, 0.1) is 87.0 Å². The molecule has 3 aromatic carbocycles.